The lowest BCUT2D eigenvalue weighted by Gasteiger charge is -2.34. The van der Waals surface area contributed by atoms with Crippen molar-refractivity contribution in [2.45, 2.75) is 13.0 Å². The zero-order chi connectivity index (χ0) is 15.9. The zero-order valence-corrected chi connectivity index (χ0v) is 12.6. The third-order valence-electron chi connectivity index (χ3n) is 3.59. The van der Waals surface area contributed by atoms with Gasteiger partial charge in [0.2, 0.25) is 0 Å². The minimum atomic E-state index is -1.03. The molecule has 2 N–H and O–H groups in total. The third kappa shape index (κ3) is 4.51. The number of urea groups is 1. The van der Waals surface area contributed by atoms with Crippen LogP contribution < -0.4 is 5.32 Å². The van der Waals surface area contributed by atoms with Crippen LogP contribution in [-0.4, -0.2) is 59.1 Å². The Morgan fingerprint density at radius 2 is 1.82 bits per heavy atom. The van der Waals surface area contributed by atoms with Gasteiger partial charge in [0.1, 0.15) is 6.04 Å². The first-order valence-corrected chi connectivity index (χ1v) is 7.32. The van der Waals surface area contributed by atoms with Crippen LogP contribution in [0.25, 0.3) is 6.08 Å². The summed E-state index contributed by atoms with van der Waals surface area (Å²) in [6, 6.07) is 8.84. The number of hydrogen-bond donors (Lipinski definition) is 2. The molecule has 0 radical (unpaired) electrons. The fourth-order valence-electron chi connectivity index (χ4n) is 2.17. The van der Waals surface area contributed by atoms with Crippen molar-refractivity contribution in [3.05, 3.63) is 42.1 Å². The number of rotatable bonds is 4. The molecular formula is C16H21N3O3. The summed E-state index contributed by atoms with van der Waals surface area (Å²) in [5, 5.41) is 11.3. The van der Waals surface area contributed by atoms with Gasteiger partial charge >= 0.3 is 12.0 Å². The minimum Gasteiger partial charge on any atom is -0.480 e. The van der Waals surface area contributed by atoms with E-state index in [1.807, 2.05) is 42.6 Å². The molecule has 6 nitrogen and oxygen atoms in total. The smallest absolute Gasteiger partial charge is 0.325 e. The van der Waals surface area contributed by atoms with Crippen molar-refractivity contribution in [1.29, 1.82) is 0 Å². The van der Waals surface area contributed by atoms with E-state index >= 15 is 0 Å². The topological polar surface area (TPSA) is 72.9 Å². The molecule has 1 saturated heterocycles. The van der Waals surface area contributed by atoms with Crippen LogP contribution in [0.5, 0.6) is 0 Å². The Bertz CT molecular complexity index is 537. The average molecular weight is 303 g/mol. The number of hydrogen-bond acceptors (Lipinski definition) is 3. The molecule has 2 amide bonds. The molecule has 0 aliphatic carbocycles. The van der Waals surface area contributed by atoms with Gasteiger partial charge in [-0.05, 0) is 24.8 Å². The second-order valence-electron chi connectivity index (χ2n) is 5.26. The molecule has 1 aromatic rings. The van der Waals surface area contributed by atoms with Crippen molar-refractivity contribution in [1.82, 2.24) is 15.1 Å². The molecule has 0 spiro atoms. The number of carboxylic acid groups (broad SMARTS) is 1. The number of piperazine rings is 1. The van der Waals surface area contributed by atoms with E-state index < -0.39 is 12.0 Å². The van der Waals surface area contributed by atoms with Gasteiger partial charge in [-0.2, -0.15) is 0 Å². The summed E-state index contributed by atoms with van der Waals surface area (Å²) in [7, 11) is 0. The molecule has 2 rings (SSSR count). The normalized spacial score (nSPS) is 16.6. The lowest BCUT2D eigenvalue weighted by Crippen LogP contribution is -2.53. The van der Waals surface area contributed by atoms with E-state index in [0.717, 1.165) is 18.7 Å². The predicted molar refractivity (Wildman–Crippen MR) is 84.3 cm³/mol. The van der Waals surface area contributed by atoms with Gasteiger partial charge in [-0.3, -0.25) is 4.79 Å². The SMILES string of the molecule is CC(NC(=O)N1CCN(C=Cc2ccccc2)CC1)C(=O)O. The Morgan fingerprint density at radius 3 is 2.41 bits per heavy atom. The zero-order valence-electron chi connectivity index (χ0n) is 12.6. The maximum Gasteiger partial charge on any atom is 0.325 e. The Hall–Kier alpha value is -2.50. The molecule has 1 aliphatic heterocycles. The molecule has 0 aromatic heterocycles. The summed E-state index contributed by atoms with van der Waals surface area (Å²) in [5.41, 5.74) is 1.14. The van der Waals surface area contributed by atoms with E-state index in [9.17, 15) is 9.59 Å². The number of aliphatic carboxylic acids is 1. The Kier molecular flexibility index (Phi) is 5.41. The number of amides is 2. The van der Waals surface area contributed by atoms with Gasteiger partial charge in [0.05, 0.1) is 0 Å². The number of benzene rings is 1. The van der Waals surface area contributed by atoms with E-state index in [2.05, 4.69) is 10.2 Å². The van der Waals surface area contributed by atoms with Crippen LogP contribution in [0.15, 0.2) is 36.5 Å². The van der Waals surface area contributed by atoms with E-state index in [1.165, 1.54) is 6.92 Å². The summed E-state index contributed by atoms with van der Waals surface area (Å²) < 4.78 is 0. The highest BCUT2D eigenvalue weighted by Crippen LogP contribution is 2.06. The summed E-state index contributed by atoms with van der Waals surface area (Å²) in [6.07, 6.45) is 4.08. The van der Waals surface area contributed by atoms with Crippen molar-refractivity contribution in [2.75, 3.05) is 26.2 Å². The number of nitrogens with one attached hydrogen (secondary N) is 1. The molecule has 1 heterocycles. The number of carbonyl (C=O) groups is 2. The molecule has 1 unspecified atom stereocenters. The van der Waals surface area contributed by atoms with Crippen molar-refractivity contribution in [3.8, 4) is 0 Å². The van der Waals surface area contributed by atoms with E-state index in [-0.39, 0.29) is 6.03 Å². The van der Waals surface area contributed by atoms with Crippen LogP contribution in [-0.2, 0) is 4.79 Å². The molecule has 0 bridgehead atoms. The lowest BCUT2D eigenvalue weighted by molar-refractivity contribution is -0.138. The summed E-state index contributed by atoms with van der Waals surface area (Å²) in [4.78, 5) is 26.4. The van der Waals surface area contributed by atoms with Gasteiger partial charge in [-0.15, -0.1) is 0 Å². The van der Waals surface area contributed by atoms with Crippen molar-refractivity contribution >= 4 is 18.1 Å². The molecule has 1 atom stereocenters. The summed E-state index contributed by atoms with van der Waals surface area (Å²) in [6.45, 7) is 4.09. The molecule has 6 heteroatoms. The van der Waals surface area contributed by atoms with Crippen LogP contribution in [0, 0.1) is 0 Å². The second kappa shape index (κ2) is 7.49. The number of nitrogens with zero attached hydrogens (tertiary/aromatic N) is 2. The Labute approximate surface area is 130 Å². The number of carboxylic acids is 1. The first-order valence-electron chi connectivity index (χ1n) is 7.32. The third-order valence-corrected chi connectivity index (χ3v) is 3.59. The van der Waals surface area contributed by atoms with Crippen LogP contribution in [0.4, 0.5) is 4.79 Å². The largest absolute Gasteiger partial charge is 0.480 e. The van der Waals surface area contributed by atoms with Crippen molar-refractivity contribution in [2.24, 2.45) is 0 Å². The Morgan fingerprint density at radius 1 is 1.18 bits per heavy atom. The molecular weight excluding hydrogens is 282 g/mol. The highest BCUT2D eigenvalue weighted by molar-refractivity contribution is 5.82. The predicted octanol–water partition coefficient (Wildman–Crippen LogP) is 1.46. The molecule has 1 aliphatic rings. The fourth-order valence-corrected chi connectivity index (χ4v) is 2.17. The Balaban J connectivity index is 1.79. The van der Waals surface area contributed by atoms with Gasteiger partial charge in [0.15, 0.2) is 0 Å². The molecule has 1 aromatic carbocycles. The van der Waals surface area contributed by atoms with Crippen molar-refractivity contribution < 1.29 is 14.7 Å². The van der Waals surface area contributed by atoms with Crippen LogP contribution in [0.1, 0.15) is 12.5 Å². The highest BCUT2D eigenvalue weighted by Gasteiger charge is 2.22. The maximum atomic E-state index is 11.9. The van der Waals surface area contributed by atoms with Crippen LogP contribution >= 0.6 is 0 Å². The summed E-state index contributed by atoms with van der Waals surface area (Å²) in [5.74, 6) is -1.03. The van der Waals surface area contributed by atoms with Gasteiger partial charge in [-0.1, -0.05) is 30.3 Å². The standard InChI is InChI=1S/C16H21N3O3/c1-13(15(20)21)17-16(22)19-11-9-18(10-12-19)8-7-14-5-3-2-4-6-14/h2-8,13H,9-12H2,1H3,(H,17,22)(H,20,21). The highest BCUT2D eigenvalue weighted by atomic mass is 16.4. The van der Waals surface area contributed by atoms with E-state index in [1.54, 1.807) is 4.90 Å². The first-order chi connectivity index (χ1) is 10.6. The summed E-state index contributed by atoms with van der Waals surface area (Å²) >= 11 is 0. The van der Waals surface area contributed by atoms with Crippen molar-refractivity contribution in [3.63, 3.8) is 0 Å². The van der Waals surface area contributed by atoms with Gasteiger partial charge in [-0.25, -0.2) is 4.79 Å². The fraction of sp³-hybridized carbons (Fsp3) is 0.375. The average Bonchev–Trinajstić information content (AvgIpc) is 2.54. The molecule has 118 valence electrons. The quantitative estimate of drug-likeness (QED) is 0.883. The minimum absolute atomic E-state index is 0.318. The molecule has 1 fully saturated rings. The van der Waals surface area contributed by atoms with Crippen LogP contribution in [0.2, 0.25) is 0 Å². The molecule has 0 saturated carbocycles. The van der Waals surface area contributed by atoms with Crippen LogP contribution in [0.3, 0.4) is 0 Å². The molecule has 22 heavy (non-hydrogen) atoms. The monoisotopic (exact) mass is 303 g/mol. The maximum absolute atomic E-state index is 11.9. The number of carbonyl (C=O) groups excluding carboxylic acids is 1. The first kappa shape index (κ1) is 15.9. The van der Waals surface area contributed by atoms with Gasteiger partial charge < -0.3 is 20.2 Å². The van der Waals surface area contributed by atoms with Gasteiger partial charge in [0, 0.05) is 26.2 Å². The van der Waals surface area contributed by atoms with Gasteiger partial charge in [0.25, 0.3) is 0 Å². The van der Waals surface area contributed by atoms with E-state index in [4.69, 9.17) is 5.11 Å². The lowest BCUT2D eigenvalue weighted by atomic mass is 10.2. The van der Waals surface area contributed by atoms with E-state index in [0.29, 0.717) is 13.1 Å². The second-order valence-corrected chi connectivity index (χ2v) is 5.26.